The largest absolute Gasteiger partial charge is 0.461 e. The monoisotopic (exact) mass is 370 g/mol. The number of nitriles is 1. The van der Waals surface area contributed by atoms with Crippen molar-refractivity contribution in [3.63, 3.8) is 0 Å². The first-order chi connectivity index (χ1) is 11.2. The molecule has 0 aliphatic heterocycles. The van der Waals surface area contributed by atoms with E-state index in [1.165, 1.54) is 17.6 Å². The summed E-state index contributed by atoms with van der Waals surface area (Å²) in [6.45, 7) is 3.26. The van der Waals surface area contributed by atoms with Gasteiger partial charge in [-0.25, -0.2) is 13.2 Å². The number of nitrogens with one attached hydrogen (secondary N) is 1. The van der Waals surface area contributed by atoms with Gasteiger partial charge in [0.15, 0.2) is 0 Å². The van der Waals surface area contributed by atoms with Gasteiger partial charge in [0.05, 0.1) is 23.2 Å². The van der Waals surface area contributed by atoms with Crippen molar-refractivity contribution in [2.75, 3.05) is 6.61 Å². The molecule has 0 saturated carbocycles. The molecule has 0 radical (unpaired) electrons. The number of esters is 1. The highest BCUT2D eigenvalue weighted by Crippen LogP contribution is 2.30. The average Bonchev–Trinajstić information content (AvgIpc) is 2.78. The fourth-order valence-electron chi connectivity index (χ4n) is 2.14. The second kappa shape index (κ2) is 6.76. The zero-order chi connectivity index (χ0) is 18.1. The third-order valence-electron chi connectivity index (χ3n) is 3.26. The fourth-order valence-corrected chi connectivity index (χ4v) is 3.60. The number of carbonyl (C=O) groups is 1. The minimum absolute atomic E-state index is 0.0910. The number of aryl methyl sites for hydroxylation is 1. The summed E-state index contributed by atoms with van der Waals surface area (Å²) in [7, 11) is -2.36. The molecule has 2 heterocycles. The van der Waals surface area contributed by atoms with Gasteiger partial charge in [0.2, 0.25) is 10.0 Å². The molecule has 8 nitrogen and oxygen atoms in total. The van der Waals surface area contributed by atoms with E-state index in [2.05, 4.69) is 9.71 Å². The predicted molar refractivity (Wildman–Crippen MR) is 87.1 cm³/mol. The predicted octanol–water partition coefficient (Wildman–Crippen LogP) is 1.59. The highest BCUT2D eigenvalue weighted by molar-refractivity contribution is 7.89. The van der Waals surface area contributed by atoms with Gasteiger partial charge in [0.1, 0.15) is 22.1 Å². The van der Waals surface area contributed by atoms with Crippen LogP contribution in [0.25, 0.3) is 11.0 Å². The van der Waals surface area contributed by atoms with Gasteiger partial charge in [-0.15, -0.1) is 0 Å². The molecule has 0 amide bonds. The summed E-state index contributed by atoms with van der Waals surface area (Å²) in [6, 6.07) is 2.23. The van der Waals surface area contributed by atoms with Crippen LogP contribution in [0.1, 0.15) is 24.3 Å². The molecule has 1 unspecified atom stereocenters. The second-order valence-corrected chi connectivity index (χ2v) is 7.04. The smallest absolute Gasteiger partial charge is 0.356 e. The topological polar surface area (TPSA) is 114 Å². The van der Waals surface area contributed by atoms with Crippen molar-refractivity contribution in [2.24, 2.45) is 7.05 Å². The lowest BCUT2D eigenvalue weighted by Gasteiger charge is -2.08. The van der Waals surface area contributed by atoms with Crippen LogP contribution in [-0.4, -0.2) is 36.6 Å². The normalized spacial score (nSPS) is 12.8. The number of pyridine rings is 1. The Morgan fingerprint density at radius 2 is 2.25 bits per heavy atom. The number of sulfonamides is 1. The second-order valence-electron chi connectivity index (χ2n) is 4.95. The van der Waals surface area contributed by atoms with Crippen LogP contribution in [0.3, 0.4) is 0 Å². The summed E-state index contributed by atoms with van der Waals surface area (Å²) in [5, 5.41) is 8.84. The Bertz CT molecular complexity index is 946. The Morgan fingerprint density at radius 3 is 2.83 bits per heavy atom. The number of rotatable bonds is 5. The van der Waals surface area contributed by atoms with Gasteiger partial charge in [-0.1, -0.05) is 11.6 Å². The molecule has 1 N–H and O–H groups in total. The number of nitrogens with zero attached hydrogens (tertiary/aromatic N) is 3. The Labute approximate surface area is 144 Å². The molecule has 10 heteroatoms. The SMILES string of the molecule is CCOC(=O)c1c(Cl)c2ncc(S(=O)(=O)NC(C)C#N)cc2n1C. The molecule has 0 aromatic carbocycles. The summed E-state index contributed by atoms with van der Waals surface area (Å²) in [6.07, 6.45) is 1.12. The van der Waals surface area contributed by atoms with Gasteiger partial charge in [0.25, 0.3) is 0 Å². The van der Waals surface area contributed by atoms with Crippen LogP contribution in [0, 0.1) is 11.3 Å². The zero-order valence-electron chi connectivity index (χ0n) is 13.2. The molecule has 24 heavy (non-hydrogen) atoms. The van der Waals surface area contributed by atoms with Crippen molar-refractivity contribution >= 4 is 38.6 Å². The molecule has 2 rings (SSSR count). The van der Waals surface area contributed by atoms with E-state index < -0.39 is 22.0 Å². The van der Waals surface area contributed by atoms with Crippen LogP contribution in [0.4, 0.5) is 0 Å². The number of carbonyl (C=O) groups excluding carboxylic acids is 1. The van der Waals surface area contributed by atoms with Gasteiger partial charge >= 0.3 is 5.97 Å². The standard InChI is InChI=1S/C14H15ClN4O4S/c1-4-23-14(20)13-11(15)12-10(19(13)3)5-9(7-17-12)24(21,22)18-8(2)6-16/h5,7-8,18H,4H2,1-3H3. The summed E-state index contributed by atoms with van der Waals surface area (Å²) in [5.41, 5.74) is 0.735. The van der Waals surface area contributed by atoms with E-state index in [1.807, 2.05) is 0 Å². The Balaban J connectivity index is 2.59. The van der Waals surface area contributed by atoms with Gasteiger partial charge in [-0.3, -0.25) is 4.98 Å². The number of hydrogen-bond acceptors (Lipinski definition) is 6. The number of hydrogen-bond donors (Lipinski definition) is 1. The summed E-state index contributed by atoms with van der Waals surface area (Å²) in [5.74, 6) is -0.622. The highest BCUT2D eigenvalue weighted by atomic mass is 35.5. The quantitative estimate of drug-likeness (QED) is 0.799. The number of fused-ring (bicyclic) bond motifs is 1. The van der Waals surface area contributed by atoms with Crippen LogP contribution in [0.2, 0.25) is 5.02 Å². The minimum atomic E-state index is -3.92. The highest BCUT2D eigenvalue weighted by Gasteiger charge is 2.24. The maximum Gasteiger partial charge on any atom is 0.356 e. The Hall–Kier alpha value is -2.15. The van der Waals surface area contributed by atoms with Gasteiger partial charge < -0.3 is 9.30 Å². The molecule has 0 bridgehead atoms. The molecule has 0 fully saturated rings. The number of aromatic nitrogens is 2. The lowest BCUT2D eigenvalue weighted by Crippen LogP contribution is -2.31. The molecule has 1 atom stereocenters. The van der Waals surface area contributed by atoms with E-state index in [0.29, 0.717) is 5.52 Å². The van der Waals surface area contributed by atoms with Crippen LogP contribution >= 0.6 is 11.6 Å². The molecule has 0 aliphatic carbocycles. The molecule has 2 aromatic rings. The van der Waals surface area contributed by atoms with E-state index in [-0.39, 0.29) is 27.7 Å². The van der Waals surface area contributed by atoms with E-state index in [9.17, 15) is 13.2 Å². The van der Waals surface area contributed by atoms with Crippen LogP contribution in [0.15, 0.2) is 17.2 Å². The summed E-state index contributed by atoms with van der Waals surface area (Å²) in [4.78, 5) is 15.9. The molecule has 0 saturated heterocycles. The summed E-state index contributed by atoms with van der Waals surface area (Å²) < 4.78 is 33.1. The van der Waals surface area contributed by atoms with E-state index in [1.54, 1.807) is 20.0 Å². The maximum atomic E-state index is 12.2. The summed E-state index contributed by atoms with van der Waals surface area (Å²) >= 11 is 6.17. The van der Waals surface area contributed by atoms with Crippen molar-refractivity contribution in [1.82, 2.24) is 14.3 Å². The molecule has 2 aromatic heterocycles. The lowest BCUT2D eigenvalue weighted by atomic mass is 10.3. The number of ether oxygens (including phenoxy) is 1. The van der Waals surface area contributed by atoms with E-state index in [4.69, 9.17) is 21.6 Å². The third kappa shape index (κ3) is 3.21. The van der Waals surface area contributed by atoms with Gasteiger partial charge in [-0.05, 0) is 19.9 Å². The van der Waals surface area contributed by atoms with E-state index >= 15 is 0 Å². The first-order valence-corrected chi connectivity index (χ1v) is 8.82. The molecule has 0 spiro atoms. The molecule has 0 aliphatic rings. The number of halogens is 1. The first kappa shape index (κ1) is 18.2. The van der Waals surface area contributed by atoms with Gasteiger partial charge in [0, 0.05) is 13.2 Å². The third-order valence-corrected chi connectivity index (χ3v) is 5.13. The Kier molecular flexibility index (Phi) is 5.13. The fraction of sp³-hybridized carbons (Fsp3) is 0.357. The molecule has 128 valence electrons. The van der Waals surface area contributed by atoms with E-state index in [0.717, 1.165) is 6.20 Å². The first-order valence-electron chi connectivity index (χ1n) is 6.96. The van der Waals surface area contributed by atoms with Gasteiger partial charge in [-0.2, -0.15) is 9.98 Å². The van der Waals surface area contributed by atoms with Crippen molar-refractivity contribution in [1.29, 1.82) is 5.26 Å². The van der Waals surface area contributed by atoms with Crippen LogP contribution < -0.4 is 4.72 Å². The zero-order valence-corrected chi connectivity index (χ0v) is 14.8. The van der Waals surface area contributed by atoms with Crippen molar-refractivity contribution in [3.05, 3.63) is 23.0 Å². The minimum Gasteiger partial charge on any atom is -0.461 e. The van der Waals surface area contributed by atoms with Crippen molar-refractivity contribution in [3.8, 4) is 6.07 Å². The van der Waals surface area contributed by atoms with Crippen LogP contribution in [-0.2, 0) is 21.8 Å². The molecular formula is C14H15ClN4O4S. The maximum absolute atomic E-state index is 12.2. The average molecular weight is 371 g/mol. The molecular weight excluding hydrogens is 356 g/mol. The van der Waals surface area contributed by atoms with Crippen molar-refractivity contribution < 1.29 is 17.9 Å². The lowest BCUT2D eigenvalue weighted by molar-refractivity contribution is 0.0516. The Morgan fingerprint density at radius 1 is 1.58 bits per heavy atom. The van der Waals surface area contributed by atoms with Crippen LogP contribution in [0.5, 0.6) is 0 Å². The van der Waals surface area contributed by atoms with Crippen molar-refractivity contribution in [2.45, 2.75) is 24.8 Å².